The number of hydrogen-bond acceptors (Lipinski definition) is 4. The molecular weight excluding hydrogens is 505 g/mol. The van der Waals surface area contributed by atoms with E-state index in [0.717, 1.165) is 11.6 Å². The summed E-state index contributed by atoms with van der Waals surface area (Å²) in [5.74, 6) is -4.80. The number of amides is 1. The van der Waals surface area contributed by atoms with Crippen LogP contribution in [0.1, 0.15) is 28.4 Å². The fourth-order valence-corrected chi connectivity index (χ4v) is 5.06. The van der Waals surface area contributed by atoms with Crippen molar-refractivity contribution in [1.82, 2.24) is 10.3 Å². The van der Waals surface area contributed by atoms with Crippen molar-refractivity contribution in [3.05, 3.63) is 89.1 Å². The normalized spacial score (nSPS) is 17.1. The molecule has 0 radical (unpaired) electrons. The molecule has 3 heterocycles. The molecule has 1 saturated heterocycles. The average molecular weight is 525 g/mol. The predicted molar refractivity (Wildman–Crippen MR) is 131 cm³/mol. The number of nitrogens with zero attached hydrogens (tertiary/aromatic N) is 2. The van der Waals surface area contributed by atoms with E-state index in [0.29, 0.717) is 30.9 Å². The topological polar surface area (TPSA) is 54.5 Å². The number of fused-ring (bicyclic) bond motifs is 2. The molecule has 3 aromatic carbocycles. The van der Waals surface area contributed by atoms with Crippen LogP contribution in [-0.4, -0.2) is 36.8 Å². The predicted octanol–water partition coefficient (Wildman–Crippen LogP) is 5.87. The van der Waals surface area contributed by atoms with E-state index >= 15 is 4.39 Å². The minimum absolute atomic E-state index is 0.0187. The lowest BCUT2D eigenvalue weighted by Crippen LogP contribution is -2.49. The highest BCUT2D eigenvalue weighted by atomic mass is 19.2. The van der Waals surface area contributed by atoms with Gasteiger partial charge in [-0.3, -0.25) is 9.78 Å². The molecule has 2 aliphatic heterocycles. The van der Waals surface area contributed by atoms with Gasteiger partial charge >= 0.3 is 0 Å². The van der Waals surface area contributed by atoms with Crippen LogP contribution in [0.4, 0.5) is 27.6 Å². The zero-order chi connectivity index (χ0) is 26.6. The third-order valence-corrected chi connectivity index (χ3v) is 6.88. The number of halogens is 5. The Morgan fingerprint density at radius 3 is 2.61 bits per heavy atom. The molecule has 1 atom stereocenters. The minimum Gasteiger partial charge on any atom is -0.493 e. The molecule has 0 saturated carbocycles. The van der Waals surface area contributed by atoms with Crippen LogP contribution in [0.15, 0.2) is 54.7 Å². The smallest absolute Gasteiger partial charge is 0.255 e. The van der Waals surface area contributed by atoms with Gasteiger partial charge < -0.3 is 15.0 Å². The second-order valence-electron chi connectivity index (χ2n) is 9.29. The molecule has 38 heavy (non-hydrogen) atoms. The second-order valence-corrected chi connectivity index (χ2v) is 9.29. The maximum absolute atomic E-state index is 15.0. The van der Waals surface area contributed by atoms with Crippen molar-refractivity contribution in [3.63, 3.8) is 0 Å². The van der Waals surface area contributed by atoms with Crippen LogP contribution >= 0.6 is 0 Å². The molecule has 1 N–H and O–H groups in total. The molecule has 0 spiro atoms. The Morgan fingerprint density at radius 1 is 1.03 bits per heavy atom. The highest BCUT2D eigenvalue weighted by Gasteiger charge is 2.33. The number of pyridine rings is 1. The lowest BCUT2D eigenvalue weighted by Gasteiger charge is -2.38. The molecule has 2 aliphatic rings. The Bertz CT molecular complexity index is 1590. The van der Waals surface area contributed by atoms with Crippen LogP contribution in [0.2, 0.25) is 0 Å². The molecule has 5 nitrogen and oxygen atoms in total. The van der Waals surface area contributed by atoms with Crippen molar-refractivity contribution in [3.8, 4) is 16.9 Å². The van der Waals surface area contributed by atoms with Gasteiger partial charge in [-0.25, -0.2) is 22.0 Å². The first-order chi connectivity index (χ1) is 18.3. The highest BCUT2D eigenvalue weighted by molar-refractivity contribution is 6.10. The molecule has 194 valence electrons. The summed E-state index contributed by atoms with van der Waals surface area (Å²) < 4.78 is 77.3. The first-order valence-electron chi connectivity index (χ1n) is 12.0. The maximum atomic E-state index is 15.0. The van der Waals surface area contributed by atoms with Gasteiger partial charge in [-0.1, -0.05) is 18.2 Å². The van der Waals surface area contributed by atoms with E-state index in [1.807, 2.05) is 24.3 Å². The zero-order valence-electron chi connectivity index (χ0n) is 19.8. The van der Waals surface area contributed by atoms with E-state index in [1.165, 1.54) is 12.3 Å². The van der Waals surface area contributed by atoms with Crippen molar-refractivity contribution in [2.75, 3.05) is 24.6 Å². The molecule has 1 fully saturated rings. The van der Waals surface area contributed by atoms with Gasteiger partial charge in [0.2, 0.25) is 0 Å². The SMILES string of the molecule is O=C(N[C@H]1CCOc2ccccc21)c1cnc2c(-c3cc(F)cc(F)c3F)c(F)ccc2c1N1CC(F)C1. The molecule has 1 aromatic heterocycles. The van der Waals surface area contributed by atoms with Crippen LogP contribution < -0.4 is 15.0 Å². The summed E-state index contributed by atoms with van der Waals surface area (Å²) in [6, 6.07) is 10.4. The lowest BCUT2D eigenvalue weighted by atomic mass is 9.96. The quantitative estimate of drug-likeness (QED) is 0.268. The fraction of sp³-hybridized carbons (Fsp3) is 0.214. The van der Waals surface area contributed by atoms with Gasteiger partial charge in [-0.05, 0) is 24.3 Å². The van der Waals surface area contributed by atoms with Crippen molar-refractivity contribution < 1.29 is 31.5 Å². The van der Waals surface area contributed by atoms with Crippen molar-refractivity contribution >= 4 is 22.5 Å². The van der Waals surface area contributed by atoms with Gasteiger partial charge in [-0.15, -0.1) is 0 Å². The minimum atomic E-state index is -1.48. The third kappa shape index (κ3) is 4.00. The molecule has 0 bridgehead atoms. The number of carbonyl (C=O) groups is 1. The van der Waals surface area contributed by atoms with E-state index < -0.39 is 46.5 Å². The average Bonchev–Trinajstić information content (AvgIpc) is 2.88. The number of benzene rings is 3. The molecule has 4 aromatic rings. The van der Waals surface area contributed by atoms with Gasteiger partial charge in [0.05, 0.1) is 42.5 Å². The number of carbonyl (C=O) groups excluding carboxylic acids is 1. The molecule has 6 rings (SSSR count). The Kier molecular flexibility index (Phi) is 5.89. The highest BCUT2D eigenvalue weighted by Crippen LogP contribution is 2.40. The van der Waals surface area contributed by atoms with E-state index in [2.05, 4.69) is 10.3 Å². The molecule has 1 amide bonds. The standard InChI is InChI=1S/C28H20F5N3O2/c29-14-9-18(25(33)21(32)10-14)24-20(31)6-5-17-26(24)34-11-19(27(17)36-12-15(30)13-36)28(37)35-22-7-8-38-23-4-2-1-3-16(22)23/h1-6,9-11,15,22H,7-8,12-13H2,(H,35,37)/t22-/m0/s1. The summed E-state index contributed by atoms with van der Waals surface area (Å²) in [5.41, 5.74) is -0.0197. The van der Waals surface area contributed by atoms with E-state index in [9.17, 15) is 22.4 Å². The number of para-hydroxylation sites is 1. The van der Waals surface area contributed by atoms with E-state index in [4.69, 9.17) is 4.74 Å². The van der Waals surface area contributed by atoms with Crippen LogP contribution in [0, 0.1) is 23.3 Å². The Hall–Kier alpha value is -4.21. The summed E-state index contributed by atoms with van der Waals surface area (Å²) in [4.78, 5) is 19.4. The van der Waals surface area contributed by atoms with Crippen LogP contribution in [0.3, 0.4) is 0 Å². The number of alkyl halides is 1. The Morgan fingerprint density at radius 2 is 1.82 bits per heavy atom. The second kappa shape index (κ2) is 9.27. The van der Waals surface area contributed by atoms with Gasteiger partial charge in [0.25, 0.3) is 5.91 Å². The van der Waals surface area contributed by atoms with Crippen molar-refractivity contribution in [1.29, 1.82) is 0 Å². The summed E-state index contributed by atoms with van der Waals surface area (Å²) in [6.45, 7) is 0.364. The lowest BCUT2D eigenvalue weighted by molar-refractivity contribution is 0.0924. The summed E-state index contributed by atoms with van der Waals surface area (Å²) in [5, 5.41) is 3.20. The van der Waals surface area contributed by atoms with E-state index in [-0.39, 0.29) is 41.3 Å². The van der Waals surface area contributed by atoms with Crippen LogP contribution in [0.25, 0.3) is 22.0 Å². The van der Waals surface area contributed by atoms with Crippen LogP contribution in [-0.2, 0) is 0 Å². The Balaban J connectivity index is 1.48. The Labute approximate surface area is 213 Å². The van der Waals surface area contributed by atoms with Gasteiger partial charge in [0.15, 0.2) is 11.6 Å². The molecule has 10 heteroatoms. The molecule has 0 unspecified atom stereocenters. The summed E-state index contributed by atoms with van der Waals surface area (Å²) in [6.07, 6.45) is 0.585. The number of ether oxygens (including phenoxy) is 1. The van der Waals surface area contributed by atoms with Gasteiger partial charge in [-0.2, -0.15) is 0 Å². The number of anilines is 1. The first kappa shape index (κ1) is 24.1. The first-order valence-corrected chi connectivity index (χ1v) is 12.0. The number of nitrogens with one attached hydrogen (secondary N) is 1. The molecule has 0 aliphatic carbocycles. The maximum Gasteiger partial charge on any atom is 0.255 e. The largest absolute Gasteiger partial charge is 0.493 e. The summed E-state index contributed by atoms with van der Waals surface area (Å²) >= 11 is 0. The zero-order valence-corrected chi connectivity index (χ0v) is 19.8. The summed E-state index contributed by atoms with van der Waals surface area (Å²) in [7, 11) is 0. The van der Waals surface area contributed by atoms with E-state index in [1.54, 1.807) is 4.90 Å². The third-order valence-electron chi connectivity index (χ3n) is 6.88. The van der Waals surface area contributed by atoms with Gasteiger partial charge in [0, 0.05) is 40.8 Å². The van der Waals surface area contributed by atoms with Crippen LogP contribution in [0.5, 0.6) is 5.75 Å². The number of aromatic nitrogens is 1. The number of hydrogen-bond donors (Lipinski definition) is 1. The van der Waals surface area contributed by atoms with Crippen molar-refractivity contribution in [2.24, 2.45) is 0 Å². The molecular formula is C28H20F5N3O2. The monoisotopic (exact) mass is 525 g/mol. The van der Waals surface area contributed by atoms with Gasteiger partial charge in [0.1, 0.15) is 23.6 Å². The number of rotatable bonds is 4. The fourth-order valence-electron chi connectivity index (χ4n) is 5.06. The van der Waals surface area contributed by atoms with Crippen molar-refractivity contribution in [2.45, 2.75) is 18.6 Å².